The number of hydrogen-bond acceptors (Lipinski definition) is 4. The minimum Gasteiger partial charge on any atom is -0.464 e. The third-order valence-corrected chi connectivity index (χ3v) is 4.16. The van der Waals surface area contributed by atoms with Gasteiger partial charge in [0.05, 0.1) is 13.2 Å². The van der Waals surface area contributed by atoms with Crippen LogP contribution in [0.25, 0.3) is 0 Å². The highest BCUT2D eigenvalue weighted by Gasteiger charge is 2.31. The number of ether oxygens (including phenoxy) is 1. The fraction of sp³-hybridized carbons (Fsp3) is 0.611. The molecule has 0 aliphatic rings. The summed E-state index contributed by atoms with van der Waals surface area (Å²) in [5, 5.41) is 0. The van der Waals surface area contributed by atoms with E-state index in [0.29, 0.717) is 23.4 Å². The van der Waals surface area contributed by atoms with Gasteiger partial charge in [-0.05, 0) is 32.8 Å². The van der Waals surface area contributed by atoms with Crippen LogP contribution in [-0.2, 0) is 9.53 Å². The largest absolute Gasteiger partial charge is 0.464 e. The van der Waals surface area contributed by atoms with Gasteiger partial charge in [-0.25, -0.2) is 4.79 Å². The number of hydrogen-bond donors (Lipinski definition) is 1. The van der Waals surface area contributed by atoms with E-state index >= 15 is 0 Å². The molecule has 1 rings (SSSR count). The number of rotatable bonds is 7. The van der Waals surface area contributed by atoms with Gasteiger partial charge in [-0.3, -0.25) is 9.59 Å². The number of aryl methyl sites for hydroxylation is 1. The molecule has 0 unspecified atom stereocenters. The molecule has 134 valence electrons. The van der Waals surface area contributed by atoms with Crippen LogP contribution in [0.3, 0.4) is 0 Å². The lowest BCUT2D eigenvalue weighted by molar-refractivity contribution is -0.135. The van der Waals surface area contributed by atoms with Crippen LogP contribution in [0.4, 0.5) is 0 Å². The van der Waals surface area contributed by atoms with E-state index in [0.717, 1.165) is 6.42 Å². The third-order valence-electron chi connectivity index (χ3n) is 4.16. The highest BCUT2D eigenvalue weighted by atomic mass is 16.5. The second kappa shape index (κ2) is 8.13. The van der Waals surface area contributed by atoms with Crippen LogP contribution in [0, 0.1) is 19.8 Å². The summed E-state index contributed by atoms with van der Waals surface area (Å²) in [4.78, 5) is 41.8. The van der Waals surface area contributed by atoms with E-state index in [4.69, 9.17) is 4.74 Å². The average molecular weight is 336 g/mol. The maximum Gasteiger partial charge on any atom is 0.354 e. The van der Waals surface area contributed by atoms with Gasteiger partial charge in [-0.2, -0.15) is 0 Å². The van der Waals surface area contributed by atoms with Gasteiger partial charge in [0.15, 0.2) is 5.78 Å². The summed E-state index contributed by atoms with van der Waals surface area (Å²) in [5.41, 5.74) is 1.91. The van der Waals surface area contributed by atoms with Crippen molar-refractivity contribution >= 4 is 17.7 Å². The summed E-state index contributed by atoms with van der Waals surface area (Å²) >= 11 is 0. The number of aromatic amines is 1. The summed E-state index contributed by atoms with van der Waals surface area (Å²) in [6.45, 7) is 11.3. The van der Waals surface area contributed by atoms with Crippen molar-refractivity contribution in [2.75, 3.05) is 13.7 Å². The highest BCUT2D eigenvalue weighted by Crippen LogP contribution is 2.22. The first-order chi connectivity index (χ1) is 11.2. The lowest BCUT2D eigenvalue weighted by Gasteiger charge is -2.29. The van der Waals surface area contributed by atoms with E-state index in [1.807, 2.05) is 20.8 Å². The zero-order valence-electron chi connectivity index (χ0n) is 15.6. The standard InChI is InChI=1S/C18H28N2O4/c1-8-9-20(17(22)10(2)3)13(6)16(21)14-11(4)15(18(23)24-7)19-12(14)5/h10,13,19H,8-9H2,1-7H3/t13-/m1/s1. The van der Waals surface area contributed by atoms with E-state index < -0.39 is 12.0 Å². The molecule has 0 aliphatic carbocycles. The number of Topliss-reactive ketones (excluding diaryl/α,β-unsaturated/α-hetero) is 1. The number of methoxy groups -OCH3 is 1. The average Bonchev–Trinajstić information content (AvgIpc) is 2.84. The fourth-order valence-electron chi connectivity index (χ4n) is 2.84. The van der Waals surface area contributed by atoms with E-state index in [1.165, 1.54) is 7.11 Å². The van der Waals surface area contributed by atoms with Crippen molar-refractivity contribution in [3.63, 3.8) is 0 Å². The first-order valence-corrected chi connectivity index (χ1v) is 8.29. The van der Waals surface area contributed by atoms with Gasteiger partial charge in [0, 0.05) is 23.7 Å². The molecule has 24 heavy (non-hydrogen) atoms. The maximum atomic E-state index is 13.0. The van der Waals surface area contributed by atoms with Crippen molar-refractivity contribution in [2.24, 2.45) is 5.92 Å². The zero-order valence-corrected chi connectivity index (χ0v) is 15.6. The smallest absolute Gasteiger partial charge is 0.354 e. The monoisotopic (exact) mass is 336 g/mol. The molecule has 1 heterocycles. The van der Waals surface area contributed by atoms with Crippen LogP contribution in [0.2, 0.25) is 0 Å². The van der Waals surface area contributed by atoms with Gasteiger partial charge in [0.2, 0.25) is 5.91 Å². The summed E-state index contributed by atoms with van der Waals surface area (Å²) in [7, 11) is 1.30. The molecule has 1 atom stereocenters. The van der Waals surface area contributed by atoms with E-state index in [2.05, 4.69) is 4.98 Å². The Morgan fingerprint density at radius 1 is 1.17 bits per heavy atom. The first-order valence-electron chi connectivity index (χ1n) is 8.29. The summed E-state index contributed by atoms with van der Waals surface area (Å²) in [5.74, 6) is -0.896. The van der Waals surface area contributed by atoms with Crippen molar-refractivity contribution < 1.29 is 19.1 Å². The minimum absolute atomic E-state index is 0.0447. The molecule has 0 saturated carbocycles. The SMILES string of the molecule is CCCN(C(=O)C(C)C)[C@H](C)C(=O)c1c(C)[nH]c(C(=O)OC)c1C. The Bertz CT molecular complexity index is 631. The summed E-state index contributed by atoms with van der Waals surface area (Å²) < 4.78 is 4.74. The number of carbonyl (C=O) groups is 3. The second-order valence-corrected chi connectivity index (χ2v) is 6.34. The minimum atomic E-state index is -0.585. The van der Waals surface area contributed by atoms with E-state index in [9.17, 15) is 14.4 Å². The summed E-state index contributed by atoms with van der Waals surface area (Å²) in [6.07, 6.45) is 0.772. The first kappa shape index (κ1) is 19.9. The molecule has 0 saturated heterocycles. The van der Waals surface area contributed by atoms with Crippen LogP contribution in [0.15, 0.2) is 0 Å². The molecule has 0 spiro atoms. The van der Waals surface area contributed by atoms with Crippen molar-refractivity contribution in [2.45, 2.75) is 54.0 Å². The van der Waals surface area contributed by atoms with Gasteiger partial charge in [-0.1, -0.05) is 20.8 Å². The van der Waals surface area contributed by atoms with Crippen molar-refractivity contribution in [3.05, 3.63) is 22.5 Å². The lowest BCUT2D eigenvalue weighted by Crippen LogP contribution is -2.45. The Labute approximate surface area is 143 Å². The van der Waals surface area contributed by atoms with E-state index in [1.54, 1.807) is 25.7 Å². The van der Waals surface area contributed by atoms with Gasteiger partial charge in [0.1, 0.15) is 5.69 Å². The van der Waals surface area contributed by atoms with Gasteiger partial charge < -0.3 is 14.6 Å². The number of ketones is 1. The number of nitrogens with one attached hydrogen (secondary N) is 1. The van der Waals surface area contributed by atoms with Crippen LogP contribution < -0.4 is 0 Å². The van der Waals surface area contributed by atoms with E-state index in [-0.39, 0.29) is 23.3 Å². The normalized spacial score (nSPS) is 12.2. The topological polar surface area (TPSA) is 79.5 Å². The molecular formula is C18H28N2O4. The molecule has 0 bridgehead atoms. The molecule has 1 aromatic heterocycles. The number of amides is 1. The Hall–Kier alpha value is -2.11. The Morgan fingerprint density at radius 2 is 1.75 bits per heavy atom. The predicted octanol–water partition coefficient (Wildman–Crippen LogP) is 2.88. The summed E-state index contributed by atoms with van der Waals surface area (Å²) in [6, 6.07) is -0.585. The fourth-order valence-corrected chi connectivity index (χ4v) is 2.84. The molecular weight excluding hydrogens is 308 g/mol. The molecule has 1 aromatic rings. The molecule has 1 amide bonds. The van der Waals surface area contributed by atoms with Gasteiger partial charge in [-0.15, -0.1) is 0 Å². The van der Waals surface area contributed by atoms with Crippen LogP contribution in [0.5, 0.6) is 0 Å². The van der Waals surface area contributed by atoms with Crippen LogP contribution in [-0.4, -0.2) is 47.2 Å². The number of carbonyl (C=O) groups excluding carboxylic acids is 3. The number of nitrogens with zero attached hydrogens (tertiary/aromatic N) is 1. The number of aromatic nitrogens is 1. The van der Waals surface area contributed by atoms with Crippen LogP contribution >= 0.6 is 0 Å². The molecule has 0 aliphatic heterocycles. The van der Waals surface area contributed by atoms with Gasteiger partial charge >= 0.3 is 5.97 Å². The molecule has 1 N–H and O–H groups in total. The maximum absolute atomic E-state index is 13.0. The van der Waals surface area contributed by atoms with Crippen molar-refractivity contribution in [3.8, 4) is 0 Å². The number of H-pyrrole nitrogens is 1. The number of esters is 1. The Balaban J connectivity index is 3.22. The van der Waals surface area contributed by atoms with Crippen molar-refractivity contribution in [1.29, 1.82) is 0 Å². The highest BCUT2D eigenvalue weighted by molar-refractivity contribution is 6.06. The lowest BCUT2D eigenvalue weighted by atomic mass is 9.99. The molecule has 0 aromatic carbocycles. The Morgan fingerprint density at radius 3 is 2.21 bits per heavy atom. The van der Waals surface area contributed by atoms with Crippen molar-refractivity contribution in [1.82, 2.24) is 9.88 Å². The Kier molecular flexibility index (Phi) is 6.75. The molecule has 0 fully saturated rings. The van der Waals surface area contributed by atoms with Gasteiger partial charge in [0.25, 0.3) is 0 Å². The second-order valence-electron chi connectivity index (χ2n) is 6.34. The molecule has 6 nitrogen and oxygen atoms in total. The third kappa shape index (κ3) is 3.86. The predicted molar refractivity (Wildman–Crippen MR) is 92.2 cm³/mol. The molecule has 0 radical (unpaired) electrons. The quantitative estimate of drug-likeness (QED) is 0.613. The zero-order chi connectivity index (χ0) is 18.6. The molecule has 6 heteroatoms. The van der Waals surface area contributed by atoms with Crippen LogP contribution in [0.1, 0.15) is 66.2 Å².